The fourth-order valence-corrected chi connectivity index (χ4v) is 5.02. The predicted octanol–water partition coefficient (Wildman–Crippen LogP) is 5.50. The molecule has 4 aromatic rings. The number of carboxylic acids is 1. The van der Waals surface area contributed by atoms with E-state index in [-0.39, 0.29) is 17.7 Å². The fourth-order valence-electron chi connectivity index (χ4n) is 4.25. The first-order valence-electron chi connectivity index (χ1n) is 9.54. The first kappa shape index (κ1) is 20.8. The number of halogens is 3. The predicted molar refractivity (Wildman–Crippen MR) is 123 cm³/mol. The number of imide groups is 1. The molecular formula is C23H13Cl3N2O4. The van der Waals surface area contributed by atoms with Crippen LogP contribution in [0.25, 0.3) is 21.8 Å². The molecule has 0 saturated carbocycles. The first-order chi connectivity index (χ1) is 15.3. The third-order valence-electron chi connectivity index (χ3n) is 5.62. The second kappa shape index (κ2) is 7.52. The van der Waals surface area contributed by atoms with Crippen LogP contribution in [-0.2, 0) is 11.3 Å². The SMILES string of the molecule is O=C(O)C(Cn1c2ccc(Cl)cc2c2cc(Cl)cc(Cl)c21)N1C(=O)c2ccccc2C1=O. The minimum atomic E-state index is -1.45. The molecule has 0 aliphatic carbocycles. The van der Waals surface area contributed by atoms with Gasteiger partial charge in [-0.25, -0.2) is 4.79 Å². The Morgan fingerprint density at radius 2 is 1.50 bits per heavy atom. The van der Waals surface area contributed by atoms with Gasteiger partial charge in [0.2, 0.25) is 0 Å². The smallest absolute Gasteiger partial charge is 0.328 e. The number of aromatic nitrogens is 1. The van der Waals surface area contributed by atoms with Crippen LogP contribution in [-0.4, -0.2) is 38.4 Å². The number of carbonyl (C=O) groups excluding carboxylic acids is 2. The molecule has 1 atom stereocenters. The lowest BCUT2D eigenvalue weighted by Gasteiger charge is -2.24. The molecule has 5 rings (SSSR count). The van der Waals surface area contributed by atoms with Gasteiger partial charge < -0.3 is 9.67 Å². The van der Waals surface area contributed by atoms with Gasteiger partial charge in [0.1, 0.15) is 0 Å². The largest absolute Gasteiger partial charge is 0.480 e. The molecule has 2 amide bonds. The quantitative estimate of drug-likeness (QED) is 0.385. The van der Waals surface area contributed by atoms with Crippen molar-refractivity contribution in [3.63, 3.8) is 0 Å². The number of hydrogen-bond donors (Lipinski definition) is 1. The molecular weight excluding hydrogens is 475 g/mol. The Hall–Kier alpha value is -3.06. The van der Waals surface area contributed by atoms with Crippen LogP contribution in [0.15, 0.2) is 54.6 Å². The molecule has 1 aliphatic heterocycles. The Bertz CT molecular complexity index is 1440. The summed E-state index contributed by atoms with van der Waals surface area (Å²) in [4.78, 5) is 39.0. The molecule has 9 heteroatoms. The molecule has 0 radical (unpaired) electrons. The van der Waals surface area contributed by atoms with E-state index >= 15 is 0 Å². The Morgan fingerprint density at radius 3 is 2.12 bits per heavy atom. The summed E-state index contributed by atoms with van der Waals surface area (Å²) in [6.45, 7) is -0.205. The zero-order chi connectivity index (χ0) is 22.7. The van der Waals surface area contributed by atoms with E-state index in [2.05, 4.69) is 0 Å². The van der Waals surface area contributed by atoms with Crippen molar-refractivity contribution < 1.29 is 19.5 Å². The van der Waals surface area contributed by atoms with Gasteiger partial charge in [-0.3, -0.25) is 14.5 Å². The second-order valence-corrected chi connectivity index (χ2v) is 8.72. The lowest BCUT2D eigenvalue weighted by molar-refractivity contribution is -0.142. The lowest BCUT2D eigenvalue weighted by atomic mass is 10.1. The molecule has 160 valence electrons. The summed E-state index contributed by atoms with van der Waals surface area (Å²) in [5, 5.41) is 12.6. The van der Waals surface area contributed by atoms with Gasteiger partial charge in [-0.1, -0.05) is 46.9 Å². The third kappa shape index (κ3) is 3.06. The van der Waals surface area contributed by atoms with E-state index in [1.165, 1.54) is 12.1 Å². The van der Waals surface area contributed by atoms with E-state index in [9.17, 15) is 19.5 Å². The molecule has 0 fully saturated rings. The molecule has 0 spiro atoms. The molecule has 1 aliphatic rings. The van der Waals surface area contributed by atoms with Gasteiger partial charge >= 0.3 is 5.97 Å². The van der Waals surface area contributed by atoms with Crippen LogP contribution < -0.4 is 0 Å². The number of nitrogens with zero attached hydrogens (tertiary/aromatic N) is 2. The Balaban J connectivity index is 1.70. The van der Waals surface area contributed by atoms with Crippen molar-refractivity contribution in [2.24, 2.45) is 0 Å². The summed E-state index contributed by atoms with van der Waals surface area (Å²) >= 11 is 18.9. The number of hydrogen-bond acceptors (Lipinski definition) is 3. The monoisotopic (exact) mass is 486 g/mol. The van der Waals surface area contributed by atoms with Crippen LogP contribution in [0, 0.1) is 0 Å². The van der Waals surface area contributed by atoms with E-state index < -0.39 is 23.8 Å². The highest BCUT2D eigenvalue weighted by atomic mass is 35.5. The number of amides is 2. The maximum absolute atomic E-state index is 12.9. The molecule has 2 heterocycles. The highest BCUT2D eigenvalue weighted by molar-refractivity contribution is 6.40. The zero-order valence-corrected chi connectivity index (χ0v) is 18.4. The van der Waals surface area contributed by atoms with E-state index in [1.54, 1.807) is 47.0 Å². The fraction of sp³-hybridized carbons (Fsp3) is 0.0870. The van der Waals surface area contributed by atoms with Crippen molar-refractivity contribution in [1.29, 1.82) is 0 Å². The van der Waals surface area contributed by atoms with Crippen LogP contribution in [0.4, 0.5) is 0 Å². The Labute approximate surface area is 196 Å². The number of rotatable bonds is 4. The molecule has 3 aromatic carbocycles. The topological polar surface area (TPSA) is 79.6 Å². The Morgan fingerprint density at radius 1 is 0.875 bits per heavy atom. The van der Waals surface area contributed by atoms with Gasteiger partial charge in [0.15, 0.2) is 6.04 Å². The van der Waals surface area contributed by atoms with Crippen LogP contribution in [0.5, 0.6) is 0 Å². The third-order valence-corrected chi connectivity index (χ3v) is 6.36. The van der Waals surface area contributed by atoms with Gasteiger partial charge in [-0.05, 0) is 42.5 Å². The summed E-state index contributed by atoms with van der Waals surface area (Å²) < 4.78 is 1.68. The van der Waals surface area contributed by atoms with E-state index in [0.717, 1.165) is 10.3 Å². The molecule has 1 aromatic heterocycles. The first-order valence-corrected chi connectivity index (χ1v) is 10.7. The highest BCUT2D eigenvalue weighted by Gasteiger charge is 2.43. The van der Waals surface area contributed by atoms with Crippen molar-refractivity contribution in [2.75, 3.05) is 0 Å². The van der Waals surface area contributed by atoms with Gasteiger partial charge in [-0.15, -0.1) is 0 Å². The van der Waals surface area contributed by atoms with Crippen LogP contribution >= 0.6 is 34.8 Å². The number of aliphatic carboxylic acids is 1. The number of fused-ring (bicyclic) bond motifs is 4. The van der Waals surface area contributed by atoms with Crippen LogP contribution in [0.2, 0.25) is 15.1 Å². The summed E-state index contributed by atoms with van der Waals surface area (Å²) in [5.41, 5.74) is 1.55. The van der Waals surface area contributed by atoms with Crippen molar-refractivity contribution in [1.82, 2.24) is 9.47 Å². The molecule has 32 heavy (non-hydrogen) atoms. The zero-order valence-electron chi connectivity index (χ0n) is 16.2. The van der Waals surface area contributed by atoms with Crippen LogP contribution in [0.3, 0.4) is 0 Å². The number of benzene rings is 3. The van der Waals surface area contributed by atoms with Crippen molar-refractivity contribution in [3.8, 4) is 0 Å². The van der Waals surface area contributed by atoms with Crippen molar-refractivity contribution >= 4 is 74.4 Å². The second-order valence-electron chi connectivity index (χ2n) is 7.44. The Kier molecular flexibility index (Phi) is 4.89. The van der Waals surface area contributed by atoms with Gasteiger partial charge in [0, 0.05) is 26.3 Å². The average Bonchev–Trinajstić information content (AvgIpc) is 3.18. The maximum atomic E-state index is 12.9. The lowest BCUT2D eigenvalue weighted by Crippen LogP contribution is -2.47. The minimum Gasteiger partial charge on any atom is -0.480 e. The molecule has 0 bridgehead atoms. The van der Waals surface area contributed by atoms with Gasteiger partial charge in [0.25, 0.3) is 11.8 Å². The summed E-state index contributed by atoms with van der Waals surface area (Å²) in [7, 11) is 0. The summed E-state index contributed by atoms with van der Waals surface area (Å²) in [6, 6.07) is 13.2. The standard InChI is InChI=1S/C23H13Cl3N2O4/c24-11-5-6-18-15(7-11)16-8-12(25)9-17(26)20(16)27(18)10-19(23(31)32)28-21(29)13-3-1-2-4-14(13)22(28)30/h1-9,19H,10H2,(H,31,32). The average molecular weight is 488 g/mol. The molecule has 1 unspecified atom stereocenters. The molecule has 1 N–H and O–H groups in total. The van der Waals surface area contributed by atoms with E-state index in [1.807, 2.05) is 0 Å². The minimum absolute atomic E-state index is 0.183. The van der Waals surface area contributed by atoms with E-state index in [4.69, 9.17) is 34.8 Å². The molecule has 0 saturated heterocycles. The normalized spacial score (nSPS) is 14.4. The van der Waals surface area contributed by atoms with Gasteiger partial charge in [0.05, 0.1) is 28.2 Å². The van der Waals surface area contributed by atoms with Crippen molar-refractivity contribution in [2.45, 2.75) is 12.6 Å². The maximum Gasteiger partial charge on any atom is 0.328 e. The van der Waals surface area contributed by atoms with Gasteiger partial charge in [-0.2, -0.15) is 0 Å². The molecule has 6 nitrogen and oxygen atoms in total. The highest BCUT2D eigenvalue weighted by Crippen LogP contribution is 2.38. The van der Waals surface area contributed by atoms with Crippen molar-refractivity contribution in [3.05, 3.63) is 80.8 Å². The van der Waals surface area contributed by atoms with Crippen LogP contribution in [0.1, 0.15) is 20.7 Å². The van der Waals surface area contributed by atoms with E-state index in [0.29, 0.717) is 31.5 Å². The number of carboxylic acid groups (broad SMARTS) is 1. The number of carbonyl (C=O) groups is 3. The summed E-state index contributed by atoms with van der Waals surface area (Å²) in [5.74, 6) is -2.60. The summed E-state index contributed by atoms with van der Waals surface area (Å²) in [6.07, 6.45) is 0.